The highest BCUT2D eigenvalue weighted by atomic mass is 16.2. The number of carbonyl (C=O) groups is 1. The maximum atomic E-state index is 12.0. The Bertz CT molecular complexity index is 533. The van der Waals surface area contributed by atoms with Crippen LogP contribution in [0.3, 0.4) is 0 Å². The van der Waals surface area contributed by atoms with Crippen molar-refractivity contribution in [3.05, 3.63) is 40.3 Å². The van der Waals surface area contributed by atoms with Crippen LogP contribution in [0.4, 0.5) is 5.69 Å². The van der Waals surface area contributed by atoms with Crippen LogP contribution >= 0.6 is 0 Å². The first kappa shape index (κ1) is 15.4. The molecule has 1 atom stereocenters. The molecular formula is C15H21N5O. The van der Waals surface area contributed by atoms with Crippen LogP contribution < -0.4 is 4.90 Å². The van der Waals surface area contributed by atoms with E-state index in [-0.39, 0.29) is 11.8 Å². The minimum atomic E-state index is 0.106. The topological polar surface area (TPSA) is 72.3 Å². The first-order valence-electron chi connectivity index (χ1n) is 7.15. The van der Waals surface area contributed by atoms with Crippen molar-refractivity contribution in [2.75, 3.05) is 38.6 Å². The summed E-state index contributed by atoms with van der Waals surface area (Å²) in [6.07, 6.45) is 1.46. The predicted molar refractivity (Wildman–Crippen MR) is 83.2 cm³/mol. The van der Waals surface area contributed by atoms with E-state index >= 15 is 0 Å². The lowest BCUT2D eigenvalue weighted by atomic mass is 10.1. The Hall–Kier alpha value is -2.04. The van der Waals surface area contributed by atoms with E-state index in [1.54, 1.807) is 4.90 Å². The minimum absolute atomic E-state index is 0.106. The third kappa shape index (κ3) is 4.21. The molecule has 0 saturated carbocycles. The SMILES string of the molecule is CN(C)CCc1ccc(N2CC(CN=[N+]=[N-])CC2=O)cc1. The van der Waals surface area contributed by atoms with Gasteiger partial charge < -0.3 is 9.80 Å². The average Bonchev–Trinajstić information content (AvgIpc) is 2.84. The van der Waals surface area contributed by atoms with Crippen LogP contribution in [-0.4, -0.2) is 44.5 Å². The summed E-state index contributed by atoms with van der Waals surface area (Å²) < 4.78 is 0. The van der Waals surface area contributed by atoms with E-state index in [1.165, 1.54) is 5.56 Å². The van der Waals surface area contributed by atoms with Gasteiger partial charge in [-0.25, -0.2) is 0 Å². The Morgan fingerprint density at radius 3 is 2.71 bits per heavy atom. The Morgan fingerprint density at radius 1 is 1.38 bits per heavy atom. The Morgan fingerprint density at radius 2 is 2.10 bits per heavy atom. The highest BCUT2D eigenvalue weighted by Gasteiger charge is 2.29. The number of anilines is 1. The van der Waals surface area contributed by atoms with Crippen molar-refractivity contribution in [3.63, 3.8) is 0 Å². The lowest BCUT2D eigenvalue weighted by Crippen LogP contribution is -2.24. The smallest absolute Gasteiger partial charge is 0.227 e. The molecule has 1 aromatic carbocycles. The van der Waals surface area contributed by atoms with Crippen LogP contribution in [0, 0.1) is 5.92 Å². The van der Waals surface area contributed by atoms with Crippen LogP contribution in [-0.2, 0) is 11.2 Å². The molecule has 1 aromatic rings. The third-order valence-corrected chi connectivity index (χ3v) is 3.70. The summed E-state index contributed by atoms with van der Waals surface area (Å²) in [6.45, 7) is 2.03. The van der Waals surface area contributed by atoms with E-state index in [9.17, 15) is 4.79 Å². The predicted octanol–water partition coefficient (Wildman–Crippen LogP) is 2.45. The molecule has 6 heteroatoms. The van der Waals surface area contributed by atoms with E-state index in [2.05, 4.69) is 41.2 Å². The number of likely N-dealkylation sites (N-methyl/N-ethyl adjacent to an activating group) is 1. The zero-order valence-electron chi connectivity index (χ0n) is 12.6. The van der Waals surface area contributed by atoms with Gasteiger partial charge in [0.1, 0.15) is 0 Å². The summed E-state index contributed by atoms with van der Waals surface area (Å²) in [5, 5.41) is 3.57. The fourth-order valence-electron chi connectivity index (χ4n) is 2.50. The van der Waals surface area contributed by atoms with Gasteiger partial charge in [0.25, 0.3) is 0 Å². The summed E-state index contributed by atoms with van der Waals surface area (Å²) >= 11 is 0. The van der Waals surface area contributed by atoms with E-state index in [1.807, 2.05) is 12.1 Å². The molecule has 21 heavy (non-hydrogen) atoms. The molecule has 0 aromatic heterocycles. The molecule has 1 aliphatic rings. The molecule has 1 aliphatic heterocycles. The molecule has 0 bridgehead atoms. The van der Waals surface area contributed by atoms with Crippen molar-refractivity contribution < 1.29 is 4.79 Å². The first-order valence-corrected chi connectivity index (χ1v) is 7.15. The van der Waals surface area contributed by atoms with Gasteiger partial charge >= 0.3 is 0 Å². The van der Waals surface area contributed by atoms with Crippen molar-refractivity contribution in [2.24, 2.45) is 11.0 Å². The number of hydrogen-bond donors (Lipinski definition) is 0. The lowest BCUT2D eigenvalue weighted by molar-refractivity contribution is -0.117. The fourth-order valence-corrected chi connectivity index (χ4v) is 2.50. The Labute approximate surface area is 125 Å². The number of rotatable bonds is 6. The van der Waals surface area contributed by atoms with Crippen molar-refractivity contribution in [1.82, 2.24) is 4.90 Å². The molecule has 112 valence electrons. The summed E-state index contributed by atoms with van der Waals surface area (Å²) in [7, 11) is 4.11. The zero-order valence-corrected chi connectivity index (χ0v) is 12.6. The van der Waals surface area contributed by atoms with Crippen LogP contribution in [0.2, 0.25) is 0 Å². The second-order valence-electron chi connectivity index (χ2n) is 5.71. The van der Waals surface area contributed by atoms with Gasteiger partial charge in [0.2, 0.25) is 5.91 Å². The summed E-state index contributed by atoms with van der Waals surface area (Å²) in [5.74, 6) is 0.232. The van der Waals surface area contributed by atoms with Crippen molar-refractivity contribution >= 4 is 11.6 Å². The minimum Gasteiger partial charge on any atom is -0.312 e. The van der Waals surface area contributed by atoms with E-state index in [4.69, 9.17) is 5.53 Å². The van der Waals surface area contributed by atoms with Crippen LogP contribution in [0.5, 0.6) is 0 Å². The quantitative estimate of drug-likeness (QED) is 0.458. The van der Waals surface area contributed by atoms with Crippen molar-refractivity contribution in [3.8, 4) is 0 Å². The van der Waals surface area contributed by atoms with Crippen LogP contribution in [0.1, 0.15) is 12.0 Å². The number of hydrogen-bond acceptors (Lipinski definition) is 3. The average molecular weight is 287 g/mol. The number of amides is 1. The number of nitrogens with zero attached hydrogens (tertiary/aromatic N) is 5. The van der Waals surface area contributed by atoms with Gasteiger partial charge in [0.05, 0.1) is 0 Å². The van der Waals surface area contributed by atoms with Gasteiger partial charge in [-0.1, -0.05) is 17.2 Å². The zero-order chi connectivity index (χ0) is 15.2. The third-order valence-electron chi connectivity index (χ3n) is 3.70. The Kier molecular flexibility index (Phi) is 5.20. The second kappa shape index (κ2) is 7.11. The highest BCUT2D eigenvalue weighted by Crippen LogP contribution is 2.25. The van der Waals surface area contributed by atoms with Crippen molar-refractivity contribution in [2.45, 2.75) is 12.8 Å². The molecule has 1 unspecified atom stereocenters. The van der Waals surface area contributed by atoms with Crippen LogP contribution in [0.25, 0.3) is 10.4 Å². The van der Waals surface area contributed by atoms with Gasteiger partial charge in [0, 0.05) is 36.7 Å². The fraction of sp³-hybridized carbons (Fsp3) is 0.533. The van der Waals surface area contributed by atoms with Gasteiger partial charge in [-0.05, 0) is 49.7 Å². The van der Waals surface area contributed by atoms with Crippen LogP contribution in [0.15, 0.2) is 29.4 Å². The van der Waals surface area contributed by atoms with E-state index in [0.29, 0.717) is 19.5 Å². The van der Waals surface area contributed by atoms with Gasteiger partial charge in [-0.3, -0.25) is 4.79 Å². The normalized spacial score (nSPS) is 18.1. The summed E-state index contributed by atoms with van der Waals surface area (Å²) in [5.41, 5.74) is 10.5. The maximum absolute atomic E-state index is 12.0. The lowest BCUT2D eigenvalue weighted by Gasteiger charge is -2.17. The van der Waals surface area contributed by atoms with Crippen molar-refractivity contribution in [1.29, 1.82) is 0 Å². The molecule has 2 rings (SSSR count). The summed E-state index contributed by atoms with van der Waals surface area (Å²) in [6, 6.07) is 8.15. The molecule has 0 N–H and O–H groups in total. The molecule has 6 nitrogen and oxygen atoms in total. The molecule has 0 spiro atoms. The molecule has 1 amide bonds. The summed E-state index contributed by atoms with van der Waals surface area (Å²) in [4.78, 5) is 18.7. The molecule has 1 heterocycles. The number of benzene rings is 1. The van der Waals surface area contributed by atoms with E-state index < -0.39 is 0 Å². The highest BCUT2D eigenvalue weighted by molar-refractivity contribution is 5.95. The van der Waals surface area contributed by atoms with E-state index in [0.717, 1.165) is 18.7 Å². The van der Waals surface area contributed by atoms with Gasteiger partial charge in [-0.2, -0.15) is 0 Å². The second-order valence-corrected chi connectivity index (χ2v) is 5.71. The molecule has 0 radical (unpaired) electrons. The van der Waals surface area contributed by atoms with Gasteiger partial charge in [-0.15, -0.1) is 0 Å². The number of carbonyl (C=O) groups excluding carboxylic acids is 1. The Balaban J connectivity index is 1.98. The molecule has 1 saturated heterocycles. The molecule has 0 aliphatic carbocycles. The first-order chi connectivity index (χ1) is 10.1. The molecule has 1 fully saturated rings. The monoisotopic (exact) mass is 287 g/mol. The van der Waals surface area contributed by atoms with Gasteiger partial charge in [0.15, 0.2) is 0 Å². The maximum Gasteiger partial charge on any atom is 0.227 e. The molecular weight excluding hydrogens is 266 g/mol. The number of azide groups is 1. The largest absolute Gasteiger partial charge is 0.312 e. The standard InChI is InChI=1S/C15H21N5O/c1-19(2)8-7-12-3-5-14(6-4-12)20-11-13(9-15(20)21)10-17-18-16/h3-6,13H,7-11H2,1-2H3.